The second-order valence-corrected chi connectivity index (χ2v) is 4.78. The Morgan fingerprint density at radius 1 is 1.39 bits per heavy atom. The summed E-state index contributed by atoms with van der Waals surface area (Å²) in [6.45, 7) is 4.09. The number of piperidine rings is 1. The van der Waals surface area contributed by atoms with Crippen molar-refractivity contribution in [3.63, 3.8) is 0 Å². The zero-order valence-corrected chi connectivity index (χ0v) is 10.9. The van der Waals surface area contributed by atoms with Crippen molar-refractivity contribution >= 4 is 5.91 Å². The molecule has 2 unspecified atom stereocenters. The van der Waals surface area contributed by atoms with Crippen molar-refractivity contribution in [1.82, 2.24) is 10.6 Å². The van der Waals surface area contributed by atoms with E-state index in [0.717, 1.165) is 25.3 Å². The quantitative estimate of drug-likeness (QED) is 0.850. The van der Waals surface area contributed by atoms with Gasteiger partial charge in [0.2, 0.25) is 0 Å². The first-order valence-corrected chi connectivity index (χ1v) is 6.36. The van der Waals surface area contributed by atoms with Crippen LogP contribution >= 0.6 is 0 Å². The molecule has 1 amide bonds. The predicted molar refractivity (Wildman–Crippen MR) is 70.9 cm³/mol. The average Bonchev–Trinajstić information content (AvgIpc) is 2.41. The molecule has 0 radical (unpaired) electrons. The summed E-state index contributed by atoms with van der Waals surface area (Å²) < 4.78 is 5.08. The zero-order chi connectivity index (χ0) is 13.0. The molecule has 1 aliphatic heterocycles. The Balaban J connectivity index is 1.97. The van der Waals surface area contributed by atoms with Crippen LogP contribution in [0, 0.1) is 5.92 Å². The molecule has 2 atom stereocenters. The van der Waals surface area contributed by atoms with Crippen LogP contribution < -0.4 is 15.4 Å². The molecule has 0 aliphatic carbocycles. The van der Waals surface area contributed by atoms with Crippen LogP contribution in [0.15, 0.2) is 24.3 Å². The molecule has 1 aromatic carbocycles. The number of carbonyl (C=O) groups is 1. The van der Waals surface area contributed by atoms with Gasteiger partial charge in [-0.3, -0.25) is 4.79 Å². The van der Waals surface area contributed by atoms with Crippen LogP contribution in [0.25, 0.3) is 0 Å². The van der Waals surface area contributed by atoms with E-state index in [1.165, 1.54) is 0 Å². The van der Waals surface area contributed by atoms with Gasteiger partial charge in [0, 0.05) is 11.6 Å². The van der Waals surface area contributed by atoms with Crippen LogP contribution in [0.3, 0.4) is 0 Å². The molecule has 1 fully saturated rings. The van der Waals surface area contributed by atoms with Crippen molar-refractivity contribution in [3.8, 4) is 5.75 Å². The number of benzene rings is 1. The molecule has 1 saturated heterocycles. The highest BCUT2D eigenvalue weighted by Crippen LogP contribution is 2.14. The van der Waals surface area contributed by atoms with E-state index >= 15 is 0 Å². The third-order valence-electron chi connectivity index (χ3n) is 3.45. The first-order valence-electron chi connectivity index (χ1n) is 6.36. The molecular weight excluding hydrogens is 228 g/mol. The molecule has 0 saturated carbocycles. The number of hydrogen-bond donors (Lipinski definition) is 2. The summed E-state index contributed by atoms with van der Waals surface area (Å²) in [5, 5.41) is 6.43. The Hall–Kier alpha value is -1.55. The van der Waals surface area contributed by atoms with Crippen LogP contribution in [-0.4, -0.2) is 32.1 Å². The summed E-state index contributed by atoms with van der Waals surface area (Å²) in [4.78, 5) is 12.1. The van der Waals surface area contributed by atoms with Gasteiger partial charge in [-0.2, -0.15) is 0 Å². The summed E-state index contributed by atoms with van der Waals surface area (Å²) in [5.41, 5.74) is 0.682. The van der Waals surface area contributed by atoms with Gasteiger partial charge >= 0.3 is 0 Å². The third-order valence-corrected chi connectivity index (χ3v) is 3.45. The van der Waals surface area contributed by atoms with Crippen LogP contribution in [0.2, 0.25) is 0 Å². The summed E-state index contributed by atoms with van der Waals surface area (Å²) in [6, 6.07) is 7.46. The SMILES string of the molecule is COc1ccc(C(=O)NC2CCNCC2C)cc1. The fourth-order valence-corrected chi connectivity index (χ4v) is 2.22. The van der Waals surface area contributed by atoms with Gasteiger partial charge in [0.15, 0.2) is 0 Å². The van der Waals surface area contributed by atoms with Gasteiger partial charge in [0.05, 0.1) is 7.11 Å². The standard InChI is InChI=1S/C14H20N2O2/c1-10-9-15-8-7-13(10)16-14(17)11-3-5-12(18-2)6-4-11/h3-6,10,13,15H,7-9H2,1-2H3,(H,16,17). The van der Waals surface area contributed by atoms with E-state index in [9.17, 15) is 4.79 Å². The van der Waals surface area contributed by atoms with Crippen LogP contribution in [0.5, 0.6) is 5.75 Å². The second kappa shape index (κ2) is 5.87. The average molecular weight is 248 g/mol. The van der Waals surface area contributed by atoms with E-state index in [-0.39, 0.29) is 11.9 Å². The Bertz CT molecular complexity index is 403. The Labute approximate surface area is 108 Å². The first-order chi connectivity index (χ1) is 8.70. The van der Waals surface area contributed by atoms with E-state index in [2.05, 4.69) is 17.6 Å². The van der Waals surface area contributed by atoms with Crippen LogP contribution in [0.1, 0.15) is 23.7 Å². The molecule has 2 rings (SSSR count). The first kappa shape index (κ1) is 12.9. The normalized spacial score (nSPS) is 23.4. The minimum Gasteiger partial charge on any atom is -0.497 e. The Kier molecular flexibility index (Phi) is 4.20. The molecule has 0 aromatic heterocycles. The maximum atomic E-state index is 12.1. The molecule has 4 nitrogen and oxygen atoms in total. The lowest BCUT2D eigenvalue weighted by Gasteiger charge is -2.30. The van der Waals surface area contributed by atoms with E-state index in [4.69, 9.17) is 4.74 Å². The molecule has 18 heavy (non-hydrogen) atoms. The highest BCUT2D eigenvalue weighted by molar-refractivity contribution is 5.94. The monoisotopic (exact) mass is 248 g/mol. The number of ether oxygens (including phenoxy) is 1. The topological polar surface area (TPSA) is 50.4 Å². The Morgan fingerprint density at radius 3 is 2.72 bits per heavy atom. The lowest BCUT2D eigenvalue weighted by Crippen LogP contribution is -2.48. The summed E-state index contributed by atoms with van der Waals surface area (Å²) in [5.74, 6) is 1.24. The minimum absolute atomic E-state index is 0.00333. The van der Waals surface area contributed by atoms with Crippen molar-refractivity contribution in [3.05, 3.63) is 29.8 Å². The molecule has 98 valence electrons. The number of carbonyl (C=O) groups excluding carboxylic acids is 1. The van der Waals surface area contributed by atoms with Gasteiger partial charge in [0.1, 0.15) is 5.75 Å². The van der Waals surface area contributed by atoms with E-state index in [1.807, 2.05) is 0 Å². The molecule has 2 N–H and O–H groups in total. The number of nitrogens with one attached hydrogen (secondary N) is 2. The smallest absolute Gasteiger partial charge is 0.251 e. The number of methoxy groups -OCH3 is 1. The predicted octanol–water partition coefficient (Wildman–Crippen LogP) is 1.42. The molecule has 0 bridgehead atoms. The lowest BCUT2D eigenvalue weighted by molar-refractivity contribution is 0.0914. The van der Waals surface area contributed by atoms with Crippen molar-refractivity contribution in [1.29, 1.82) is 0 Å². The minimum atomic E-state index is -0.00333. The Morgan fingerprint density at radius 2 is 2.11 bits per heavy atom. The maximum absolute atomic E-state index is 12.1. The van der Waals surface area contributed by atoms with Gasteiger partial charge in [-0.15, -0.1) is 0 Å². The molecule has 1 heterocycles. The molecular formula is C14H20N2O2. The summed E-state index contributed by atoms with van der Waals surface area (Å²) >= 11 is 0. The van der Waals surface area contributed by atoms with E-state index in [0.29, 0.717) is 11.5 Å². The van der Waals surface area contributed by atoms with Crippen LogP contribution in [-0.2, 0) is 0 Å². The van der Waals surface area contributed by atoms with Crippen LogP contribution in [0.4, 0.5) is 0 Å². The fraction of sp³-hybridized carbons (Fsp3) is 0.500. The molecule has 4 heteroatoms. The van der Waals surface area contributed by atoms with Crippen molar-refractivity contribution in [2.24, 2.45) is 5.92 Å². The number of rotatable bonds is 3. The number of amides is 1. The molecule has 0 spiro atoms. The van der Waals surface area contributed by atoms with Gasteiger partial charge in [-0.25, -0.2) is 0 Å². The lowest BCUT2D eigenvalue weighted by atomic mass is 9.95. The molecule has 1 aliphatic rings. The fourth-order valence-electron chi connectivity index (χ4n) is 2.22. The van der Waals surface area contributed by atoms with E-state index < -0.39 is 0 Å². The van der Waals surface area contributed by atoms with Gasteiger partial charge in [0.25, 0.3) is 5.91 Å². The van der Waals surface area contributed by atoms with Crippen molar-refractivity contribution < 1.29 is 9.53 Å². The third kappa shape index (κ3) is 3.01. The van der Waals surface area contributed by atoms with E-state index in [1.54, 1.807) is 31.4 Å². The van der Waals surface area contributed by atoms with Gasteiger partial charge < -0.3 is 15.4 Å². The highest BCUT2D eigenvalue weighted by atomic mass is 16.5. The van der Waals surface area contributed by atoms with Gasteiger partial charge in [-0.05, 0) is 49.7 Å². The largest absolute Gasteiger partial charge is 0.497 e. The van der Waals surface area contributed by atoms with Crippen molar-refractivity contribution in [2.45, 2.75) is 19.4 Å². The number of hydrogen-bond acceptors (Lipinski definition) is 3. The zero-order valence-electron chi connectivity index (χ0n) is 10.9. The van der Waals surface area contributed by atoms with Gasteiger partial charge in [-0.1, -0.05) is 6.92 Å². The second-order valence-electron chi connectivity index (χ2n) is 4.78. The summed E-state index contributed by atoms with van der Waals surface area (Å²) in [7, 11) is 1.62. The van der Waals surface area contributed by atoms with Crippen molar-refractivity contribution in [2.75, 3.05) is 20.2 Å². The molecule has 1 aromatic rings. The maximum Gasteiger partial charge on any atom is 0.251 e. The summed E-state index contributed by atoms with van der Waals surface area (Å²) in [6.07, 6.45) is 0.989. The highest BCUT2D eigenvalue weighted by Gasteiger charge is 2.22.